The summed E-state index contributed by atoms with van der Waals surface area (Å²) in [5, 5.41) is 0. The quantitative estimate of drug-likeness (QED) is 0.393. The van der Waals surface area contributed by atoms with Crippen LogP contribution in [0, 0.1) is 0 Å². The summed E-state index contributed by atoms with van der Waals surface area (Å²) in [6, 6.07) is 30.3. The van der Waals surface area contributed by atoms with Crippen molar-refractivity contribution in [3.8, 4) is 0 Å². The second kappa shape index (κ2) is 12.1. The number of rotatable bonds is 10. The Kier molecular flexibility index (Phi) is 8.24. The molecule has 4 atom stereocenters. The van der Waals surface area contributed by atoms with E-state index in [1.165, 1.54) is 0 Å². The molecule has 2 heterocycles. The molecular formula is C31H33NO4. The fourth-order valence-electron chi connectivity index (χ4n) is 5.13. The number of ether oxygens (including phenoxy) is 3. The Hall–Kier alpha value is -3.25. The van der Waals surface area contributed by atoms with Crippen LogP contribution in [0.5, 0.6) is 0 Å². The number of fused-ring (bicyclic) bond motifs is 1. The monoisotopic (exact) mass is 483 g/mol. The van der Waals surface area contributed by atoms with E-state index in [4.69, 9.17) is 14.2 Å². The zero-order valence-corrected chi connectivity index (χ0v) is 20.4. The molecule has 2 aliphatic rings. The molecular weight excluding hydrogens is 450 g/mol. The van der Waals surface area contributed by atoms with E-state index in [1.807, 2.05) is 77.7 Å². The van der Waals surface area contributed by atoms with Gasteiger partial charge in [-0.15, -0.1) is 0 Å². The van der Waals surface area contributed by atoms with E-state index < -0.39 is 0 Å². The van der Waals surface area contributed by atoms with Gasteiger partial charge in [0.15, 0.2) is 0 Å². The minimum absolute atomic E-state index is 0.0226. The van der Waals surface area contributed by atoms with Crippen molar-refractivity contribution >= 4 is 5.91 Å². The Labute approximate surface area is 213 Å². The predicted octanol–water partition coefficient (Wildman–Crippen LogP) is 5.30. The molecule has 0 bridgehead atoms. The van der Waals surface area contributed by atoms with Gasteiger partial charge in [0.1, 0.15) is 6.10 Å². The van der Waals surface area contributed by atoms with Crippen LogP contribution >= 0.6 is 0 Å². The number of carbonyl (C=O) groups is 1. The van der Waals surface area contributed by atoms with E-state index in [0.717, 1.165) is 29.5 Å². The summed E-state index contributed by atoms with van der Waals surface area (Å²) in [7, 11) is 0. The van der Waals surface area contributed by atoms with Crippen molar-refractivity contribution < 1.29 is 19.0 Å². The van der Waals surface area contributed by atoms with Crippen LogP contribution in [-0.2, 0) is 38.8 Å². The molecule has 0 aliphatic carbocycles. The van der Waals surface area contributed by atoms with Crippen molar-refractivity contribution in [2.24, 2.45) is 0 Å². The van der Waals surface area contributed by atoms with Gasteiger partial charge >= 0.3 is 0 Å². The average molecular weight is 484 g/mol. The Balaban J connectivity index is 1.37. The lowest BCUT2D eigenvalue weighted by molar-refractivity contribution is -0.179. The van der Waals surface area contributed by atoms with Crippen LogP contribution in [0.25, 0.3) is 0 Å². The van der Waals surface area contributed by atoms with Gasteiger partial charge in [0.25, 0.3) is 0 Å². The first-order valence-corrected chi connectivity index (χ1v) is 12.7. The number of benzene rings is 3. The summed E-state index contributed by atoms with van der Waals surface area (Å²) in [5.74, 6) is 0.0226. The van der Waals surface area contributed by atoms with Crippen molar-refractivity contribution in [2.75, 3.05) is 6.61 Å². The smallest absolute Gasteiger partial charge is 0.246 e. The number of carbonyl (C=O) groups excluding carboxylic acids is 1. The molecule has 5 heteroatoms. The van der Waals surface area contributed by atoms with Gasteiger partial charge in [-0.3, -0.25) is 4.79 Å². The maximum Gasteiger partial charge on any atom is 0.246 e. The number of nitrogens with zero attached hydrogens (tertiary/aromatic N) is 1. The Morgan fingerprint density at radius 1 is 0.722 bits per heavy atom. The lowest BCUT2D eigenvalue weighted by Crippen LogP contribution is -2.64. The topological polar surface area (TPSA) is 48.0 Å². The number of piperidine rings is 1. The van der Waals surface area contributed by atoms with Gasteiger partial charge in [-0.05, 0) is 35.6 Å². The molecule has 1 saturated heterocycles. The first-order chi connectivity index (χ1) is 17.8. The molecule has 186 valence electrons. The second-order valence-corrected chi connectivity index (χ2v) is 9.44. The summed E-state index contributed by atoms with van der Waals surface area (Å²) in [6.07, 6.45) is 4.75. The number of hydrogen-bond donors (Lipinski definition) is 0. The van der Waals surface area contributed by atoms with Crippen LogP contribution in [0.1, 0.15) is 29.5 Å². The molecule has 0 spiro atoms. The predicted molar refractivity (Wildman–Crippen MR) is 139 cm³/mol. The SMILES string of the molecule is O=C1C=CC[C@@H]2C[C@@H](OCc3ccccc3)[C@@H](OCc3ccccc3)[C@H](COCc3ccccc3)N12. The van der Waals surface area contributed by atoms with E-state index in [-0.39, 0.29) is 30.2 Å². The molecule has 0 aromatic heterocycles. The molecule has 0 N–H and O–H groups in total. The molecule has 3 aromatic carbocycles. The highest BCUT2D eigenvalue weighted by molar-refractivity contribution is 5.89. The van der Waals surface area contributed by atoms with Gasteiger partial charge in [0.2, 0.25) is 5.91 Å². The maximum absolute atomic E-state index is 13.1. The highest BCUT2D eigenvalue weighted by Gasteiger charge is 2.46. The van der Waals surface area contributed by atoms with Crippen LogP contribution in [0.15, 0.2) is 103 Å². The van der Waals surface area contributed by atoms with Crippen LogP contribution in [-0.4, -0.2) is 41.7 Å². The first-order valence-electron chi connectivity index (χ1n) is 12.7. The van der Waals surface area contributed by atoms with Crippen molar-refractivity contribution in [3.63, 3.8) is 0 Å². The lowest BCUT2D eigenvalue weighted by atomic mass is 9.86. The zero-order chi connectivity index (χ0) is 24.6. The molecule has 1 fully saturated rings. The van der Waals surface area contributed by atoms with Crippen LogP contribution in [0.4, 0.5) is 0 Å². The standard InChI is InChI=1S/C31H33NO4/c33-30-18-10-17-27-19-29(35-21-25-13-6-2-7-14-25)31(36-22-26-15-8-3-9-16-26)28(32(27)30)23-34-20-24-11-4-1-5-12-24/h1-16,18,27-29,31H,17,19-23H2/t27-,28+,29-,31+/m1/s1. The largest absolute Gasteiger partial charge is 0.375 e. The molecule has 0 saturated carbocycles. The zero-order valence-electron chi connectivity index (χ0n) is 20.4. The van der Waals surface area contributed by atoms with E-state index in [9.17, 15) is 4.79 Å². The highest BCUT2D eigenvalue weighted by atomic mass is 16.5. The third-order valence-corrected chi connectivity index (χ3v) is 6.92. The Morgan fingerprint density at radius 2 is 1.28 bits per heavy atom. The van der Waals surface area contributed by atoms with Crippen LogP contribution in [0.2, 0.25) is 0 Å². The fourth-order valence-corrected chi connectivity index (χ4v) is 5.13. The van der Waals surface area contributed by atoms with E-state index in [1.54, 1.807) is 6.08 Å². The molecule has 36 heavy (non-hydrogen) atoms. The summed E-state index contributed by atoms with van der Waals surface area (Å²) in [4.78, 5) is 15.0. The van der Waals surface area contributed by atoms with Gasteiger partial charge in [-0.25, -0.2) is 0 Å². The minimum atomic E-state index is -0.309. The fraction of sp³-hybridized carbons (Fsp3) is 0.323. The van der Waals surface area contributed by atoms with Crippen molar-refractivity contribution in [1.29, 1.82) is 0 Å². The van der Waals surface area contributed by atoms with Crippen molar-refractivity contribution in [1.82, 2.24) is 4.90 Å². The van der Waals surface area contributed by atoms with Crippen molar-refractivity contribution in [2.45, 2.75) is 57.0 Å². The maximum atomic E-state index is 13.1. The van der Waals surface area contributed by atoms with E-state index in [2.05, 4.69) is 24.3 Å². The molecule has 0 unspecified atom stereocenters. The highest BCUT2D eigenvalue weighted by Crippen LogP contribution is 2.33. The second-order valence-electron chi connectivity index (χ2n) is 9.44. The van der Waals surface area contributed by atoms with E-state index in [0.29, 0.717) is 26.4 Å². The van der Waals surface area contributed by atoms with Gasteiger partial charge in [0.05, 0.1) is 38.6 Å². The molecule has 1 amide bonds. The minimum Gasteiger partial charge on any atom is -0.375 e. The van der Waals surface area contributed by atoms with E-state index >= 15 is 0 Å². The van der Waals surface area contributed by atoms with Gasteiger partial charge < -0.3 is 19.1 Å². The molecule has 5 nitrogen and oxygen atoms in total. The molecule has 5 rings (SSSR count). The van der Waals surface area contributed by atoms with Gasteiger partial charge in [-0.2, -0.15) is 0 Å². The third-order valence-electron chi connectivity index (χ3n) is 6.92. The number of hydrogen-bond acceptors (Lipinski definition) is 4. The molecule has 2 aliphatic heterocycles. The molecule has 0 radical (unpaired) electrons. The first kappa shape index (κ1) is 24.4. The Morgan fingerprint density at radius 3 is 1.89 bits per heavy atom. The summed E-state index contributed by atoms with van der Waals surface area (Å²) >= 11 is 0. The molecule has 3 aromatic rings. The number of amides is 1. The van der Waals surface area contributed by atoms with Crippen LogP contribution in [0.3, 0.4) is 0 Å². The van der Waals surface area contributed by atoms with Gasteiger partial charge in [-0.1, -0.05) is 97.1 Å². The Bertz CT molecular complexity index is 1120. The average Bonchev–Trinajstić information content (AvgIpc) is 2.93. The van der Waals surface area contributed by atoms with Gasteiger partial charge in [0, 0.05) is 6.04 Å². The lowest BCUT2D eigenvalue weighted by Gasteiger charge is -2.50. The van der Waals surface area contributed by atoms with Crippen LogP contribution < -0.4 is 0 Å². The third kappa shape index (κ3) is 6.11. The summed E-state index contributed by atoms with van der Waals surface area (Å²) in [5.41, 5.74) is 3.32. The summed E-state index contributed by atoms with van der Waals surface area (Å²) < 4.78 is 19.3. The summed E-state index contributed by atoms with van der Waals surface area (Å²) in [6.45, 7) is 1.83. The van der Waals surface area contributed by atoms with Crippen molar-refractivity contribution in [3.05, 3.63) is 120 Å². The normalized spacial score (nSPS) is 23.4.